The fourth-order valence-electron chi connectivity index (χ4n) is 1.55. The van der Waals surface area contributed by atoms with E-state index in [-0.39, 0.29) is 5.82 Å². The smallest absolute Gasteiger partial charge is 0.141 e. The van der Waals surface area contributed by atoms with Gasteiger partial charge in [0.15, 0.2) is 0 Å². The standard InChI is InChI=1S/C14H14BrFN2O/c1-2-17-9-10-7-12(5-6-18-10)19-11-3-4-13(15)14(16)8-11/h3-8,17H,2,9H2,1H3. The number of hydrogen-bond acceptors (Lipinski definition) is 3. The van der Waals surface area contributed by atoms with E-state index in [1.807, 2.05) is 13.0 Å². The molecule has 5 heteroatoms. The predicted molar refractivity (Wildman–Crippen MR) is 75.8 cm³/mol. The summed E-state index contributed by atoms with van der Waals surface area (Å²) in [5.41, 5.74) is 0.886. The van der Waals surface area contributed by atoms with Crippen molar-refractivity contribution in [1.29, 1.82) is 0 Å². The molecular formula is C14H14BrFN2O. The lowest BCUT2D eigenvalue weighted by Gasteiger charge is -2.08. The van der Waals surface area contributed by atoms with Gasteiger partial charge in [0, 0.05) is 24.9 Å². The van der Waals surface area contributed by atoms with E-state index in [1.54, 1.807) is 24.4 Å². The first-order valence-corrected chi connectivity index (χ1v) is 6.77. The quantitative estimate of drug-likeness (QED) is 0.906. The Morgan fingerprint density at radius 2 is 2.05 bits per heavy atom. The molecule has 2 aromatic rings. The number of nitrogens with zero attached hydrogens (tertiary/aromatic N) is 1. The fraction of sp³-hybridized carbons (Fsp3) is 0.214. The zero-order valence-corrected chi connectivity index (χ0v) is 12.1. The van der Waals surface area contributed by atoms with E-state index in [4.69, 9.17) is 4.74 Å². The highest BCUT2D eigenvalue weighted by atomic mass is 79.9. The topological polar surface area (TPSA) is 34.1 Å². The number of pyridine rings is 1. The van der Waals surface area contributed by atoms with Crippen LogP contribution in [0.4, 0.5) is 4.39 Å². The van der Waals surface area contributed by atoms with E-state index in [0.717, 1.165) is 12.2 Å². The van der Waals surface area contributed by atoms with Crippen LogP contribution in [0.15, 0.2) is 41.0 Å². The zero-order chi connectivity index (χ0) is 13.7. The molecular weight excluding hydrogens is 311 g/mol. The van der Waals surface area contributed by atoms with E-state index in [2.05, 4.69) is 26.2 Å². The lowest BCUT2D eigenvalue weighted by molar-refractivity contribution is 0.474. The molecule has 1 aromatic heterocycles. The highest BCUT2D eigenvalue weighted by Gasteiger charge is 2.04. The van der Waals surface area contributed by atoms with Gasteiger partial charge in [0.05, 0.1) is 10.2 Å². The fourth-order valence-corrected chi connectivity index (χ4v) is 1.79. The van der Waals surface area contributed by atoms with Crippen molar-refractivity contribution in [3.63, 3.8) is 0 Å². The Kier molecular flexibility index (Phi) is 4.87. The molecule has 1 aromatic carbocycles. The predicted octanol–water partition coefficient (Wildman–Crippen LogP) is 3.89. The van der Waals surface area contributed by atoms with Gasteiger partial charge in [0.25, 0.3) is 0 Å². The van der Waals surface area contributed by atoms with Crippen LogP contribution in [0.1, 0.15) is 12.6 Å². The summed E-state index contributed by atoms with van der Waals surface area (Å²) < 4.78 is 19.4. The van der Waals surface area contributed by atoms with Crippen molar-refractivity contribution in [3.05, 3.63) is 52.5 Å². The van der Waals surface area contributed by atoms with E-state index >= 15 is 0 Å². The Morgan fingerprint density at radius 3 is 2.79 bits per heavy atom. The molecule has 0 aliphatic carbocycles. The van der Waals surface area contributed by atoms with Gasteiger partial charge in [-0.3, -0.25) is 4.98 Å². The molecule has 1 heterocycles. The maximum Gasteiger partial charge on any atom is 0.141 e. The van der Waals surface area contributed by atoms with Gasteiger partial charge in [-0.1, -0.05) is 6.92 Å². The number of nitrogens with one attached hydrogen (secondary N) is 1. The van der Waals surface area contributed by atoms with E-state index in [0.29, 0.717) is 22.5 Å². The molecule has 0 radical (unpaired) electrons. The molecule has 0 amide bonds. The number of halogens is 2. The third-order valence-electron chi connectivity index (χ3n) is 2.47. The maximum absolute atomic E-state index is 13.4. The van der Waals surface area contributed by atoms with Crippen LogP contribution in [0.2, 0.25) is 0 Å². The van der Waals surface area contributed by atoms with Crippen LogP contribution >= 0.6 is 15.9 Å². The molecule has 0 unspecified atom stereocenters. The molecule has 0 saturated heterocycles. The van der Waals surface area contributed by atoms with Crippen molar-refractivity contribution in [2.45, 2.75) is 13.5 Å². The molecule has 0 aliphatic rings. The summed E-state index contributed by atoms with van der Waals surface area (Å²) in [7, 11) is 0. The van der Waals surface area contributed by atoms with Gasteiger partial charge >= 0.3 is 0 Å². The first-order chi connectivity index (χ1) is 9.19. The Bertz CT molecular complexity index is 563. The first kappa shape index (κ1) is 14.0. The van der Waals surface area contributed by atoms with Crippen molar-refractivity contribution >= 4 is 15.9 Å². The third kappa shape index (κ3) is 4.01. The monoisotopic (exact) mass is 324 g/mol. The third-order valence-corrected chi connectivity index (χ3v) is 3.11. The van der Waals surface area contributed by atoms with Crippen LogP contribution in [0, 0.1) is 5.82 Å². The molecule has 1 N–H and O–H groups in total. The Morgan fingerprint density at radius 1 is 1.26 bits per heavy atom. The number of hydrogen-bond donors (Lipinski definition) is 1. The van der Waals surface area contributed by atoms with Crippen LogP contribution in [0.5, 0.6) is 11.5 Å². The van der Waals surface area contributed by atoms with Crippen molar-refractivity contribution in [2.24, 2.45) is 0 Å². The number of benzene rings is 1. The molecule has 2 rings (SSSR count). The van der Waals surface area contributed by atoms with Crippen molar-refractivity contribution < 1.29 is 9.13 Å². The van der Waals surface area contributed by atoms with Crippen LogP contribution in [0.3, 0.4) is 0 Å². The minimum Gasteiger partial charge on any atom is -0.457 e. The van der Waals surface area contributed by atoms with Crippen LogP contribution in [-0.4, -0.2) is 11.5 Å². The van der Waals surface area contributed by atoms with Gasteiger partial charge in [-0.05, 0) is 40.7 Å². The highest BCUT2D eigenvalue weighted by Crippen LogP contribution is 2.25. The van der Waals surface area contributed by atoms with Gasteiger partial charge in [-0.15, -0.1) is 0 Å². The minimum absolute atomic E-state index is 0.348. The zero-order valence-electron chi connectivity index (χ0n) is 10.5. The summed E-state index contributed by atoms with van der Waals surface area (Å²) in [4.78, 5) is 4.23. The molecule has 0 spiro atoms. The summed E-state index contributed by atoms with van der Waals surface area (Å²) in [5, 5.41) is 3.19. The normalized spacial score (nSPS) is 10.5. The van der Waals surface area contributed by atoms with E-state index in [1.165, 1.54) is 6.07 Å². The second-order valence-electron chi connectivity index (χ2n) is 3.94. The Labute approximate surface area is 119 Å². The van der Waals surface area contributed by atoms with Gasteiger partial charge in [0.1, 0.15) is 17.3 Å². The molecule has 0 aliphatic heterocycles. The van der Waals surface area contributed by atoms with Crippen molar-refractivity contribution in [3.8, 4) is 11.5 Å². The van der Waals surface area contributed by atoms with Crippen molar-refractivity contribution in [1.82, 2.24) is 10.3 Å². The van der Waals surface area contributed by atoms with E-state index < -0.39 is 0 Å². The first-order valence-electron chi connectivity index (χ1n) is 5.97. The second-order valence-corrected chi connectivity index (χ2v) is 4.80. The van der Waals surface area contributed by atoms with Crippen molar-refractivity contribution in [2.75, 3.05) is 6.54 Å². The lowest BCUT2D eigenvalue weighted by Crippen LogP contribution is -2.12. The van der Waals surface area contributed by atoms with Crippen LogP contribution < -0.4 is 10.1 Å². The Balaban J connectivity index is 2.11. The molecule has 0 fully saturated rings. The van der Waals surface area contributed by atoms with Gasteiger partial charge < -0.3 is 10.1 Å². The molecule has 0 atom stereocenters. The number of rotatable bonds is 5. The second kappa shape index (κ2) is 6.63. The molecule has 0 saturated carbocycles. The number of aromatic nitrogens is 1. The van der Waals surface area contributed by atoms with Crippen LogP contribution in [0.25, 0.3) is 0 Å². The van der Waals surface area contributed by atoms with Gasteiger partial charge in [-0.2, -0.15) is 0 Å². The van der Waals surface area contributed by atoms with E-state index in [9.17, 15) is 4.39 Å². The van der Waals surface area contributed by atoms with Gasteiger partial charge in [-0.25, -0.2) is 4.39 Å². The molecule has 100 valence electrons. The summed E-state index contributed by atoms with van der Waals surface area (Å²) in [5.74, 6) is 0.755. The highest BCUT2D eigenvalue weighted by molar-refractivity contribution is 9.10. The summed E-state index contributed by atoms with van der Waals surface area (Å²) in [6.07, 6.45) is 1.68. The SMILES string of the molecule is CCNCc1cc(Oc2ccc(Br)c(F)c2)ccn1. The average Bonchev–Trinajstić information content (AvgIpc) is 2.41. The molecule has 0 bridgehead atoms. The summed E-state index contributed by atoms with van der Waals surface area (Å²) in [6.45, 7) is 3.60. The minimum atomic E-state index is -0.348. The summed E-state index contributed by atoms with van der Waals surface area (Å²) >= 11 is 3.11. The maximum atomic E-state index is 13.4. The summed E-state index contributed by atoms with van der Waals surface area (Å²) in [6, 6.07) is 8.25. The lowest BCUT2D eigenvalue weighted by atomic mass is 10.3. The molecule has 3 nitrogen and oxygen atoms in total. The number of ether oxygens (including phenoxy) is 1. The van der Waals surface area contributed by atoms with Gasteiger partial charge in [0.2, 0.25) is 0 Å². The average molecular weight is 325 g/mol. The van der Waals surface area contributed by atoms with Crippen LogP contribution in [-0.2, 0) is 6.54 Å². The molecule has 19 heavy (non-hydrogen) atoms. The largest absolute Gasteiger partial charge is 0.457 e. The Hall–Kier alpha value is -1.46.